The highest BCUT2D eigenvalue weighted by Gasteiger charge is 2.36. The number of rotatable bonds is 4. The average molecular weight is 411 g/mol. The summed E-state index contributed by atoms with van der Waals surface area (Å²) in [4.78, 5) is 15.2. The molecule has 29 heavy (non-hydrogen) atoms. The molecule has 2 N–H and O–H groups in total. The van der Waals surface area contributed by atoms with E-state index in [-0.39, 0.29) is 30.2 Å². The lowest BCUT2D eigenvalue weighted by Gasteiger charge is -2.17. The van der Waals surface area contributed by atoms with Crippen molar-refractivity contribution >= 4 is 18.3 Å². The molecule has 0 aliphatic carbocycles. The summed E-state index contributed by atoms with van der Waals surface area (Å²) in [5.74, 6) is 0.592. The van der Waals surface area contributed by atoms with E-state index >= 15 is 0 Å². The number of benzene rings is 2. The van der Waals surface area contributed by atoms with Crippen LogP contribution in [-0.4, -0.2) is 40.2 Å². The van der Waals surface area contributed by atoms with Gasteiger partial charge in [0.15, 0.2) is 0 Å². The van der Waals surface area contributed by atoms with Crippen LogP contribution in [-0.2, 0) is 0 Å². The number of para-hydroxylation sites is 1. The average Bonchev–Trinajstić information content (AvgIpc) is 3.32. The minimum absolute atomic E-state index is 0. The Kier molecular flexibility index (Phi) is 6.40. The summed E-state index contributed by atoms with van der Waals surface area (Å²) in [6, 6.07) is 18.4. The topological polar surface area (TPSA) is 64.2 Å². The molecule has 1 saturated heterocycles. The van der Waals surface area contributed by atoms with Gasteiger partial charge in [-0.2, -0.15) is 5.10 Å². The summed E-state index contributed by atoms with van der Waals surface area (Å²) >= 11 is 0. The molecule has 0 radical (unpaired) electrons. The molecule has 152 valence electrons. The molecule has 6 heteroatoms. The van der Waals surface area contributed by atoms with Gasteiger partial charge in [-0.05, 0) is 43.5 Å². The smallest absolute Gasteiger partial charge is 0.257 e. The fourth-order valence-electron chi connectivity index (χ4n) is 4.19. The van der Waals surface area contributed by atoms with Crippen LogP contribution < -0.4 is 5.73 Å². The molecule has 1 aromatic heterocycles. The standard InChI is InChI=1S/C23H26N4O.ClH/c1-16-8-6-7-11-22(16)27-17(2)20(13-25-27)23(28)26-14-19(12-24)21(15-26)18-9-4-3-5-10-18;/h3-11,13,19,21H,12,14-15,24H2,1-2H3;1H/t19-,21+;/m1./s1. The molecule has 1 amide bonds. The molecule has 0 unspecified atom stereocenters. The second-order valence-corrected chi connectivity index (χ2v) is 7.57. The van der Waals surface area contributed by atoms with Crippen LogP contribution in [0.15, 0.2) is 60.8 Å². The van der Waals surface area contributed by atoms with Crippen molar-refractivity contribution in [3.05, 3.63) is 83.2 Å². The van der Waals surface area contributed by atoms with E-state index in [4.69, 9.17) is 5.73 Å². The van der Waals surface area contributed by atoms with E-state index in [1.807, 2.05) is 52.9 Å². The van der Waals surface area contributed by atoms with Gasteiger partial charge in [-0.3, -0.25) is 4.79 Å². The number of likely N-dealkylation sites (tertiary alicyclic amines) is 1. The lowest BCUT2D eigenvalue weighted by atomic mass is 9.89. The summed E-state index contributed by atoms with van der Waals surface area (Å²) in [5.41, 5.74) is 10.9. The maximum atomic E-state index is 13.3. The Morgan fingerprint density at radius 2 is 1.76 bits per heavy atom. The first-order valence-corrected chi connectivity index (χ1v) is 9.75. The third-order valence-corrected chi connectivity index (χ3v) is 5.84. The van der Waals surface area contributed by atoms with Crippen LogP contribution >= 0.6 is 12.4 Å². The first-order valence-electron chi connectivity index (χ1n) is 9.75. The second kappa shape index (κ2) is 8.80. The van der Waals surface area contributed by atoms with Crippen molar-refractivity contribution in [2.24, 2.45) is 11.7 Å². The molecule has 2 atom stereocenters. The van der Waals surface area contributed by atoms with Gasteiger partial charge in [0.2, 0.25) is 0 Å². The van der Waals surface area contributed by atoms with Crippen molar-refractivity contribution in [3.8, 4) is 5.69 Å². The number of aromatic nitrogens is 2. The first-order chi connectivity index (χ1) is 13.6. The Bertz CT molecular complexity index is 986. The minimum Gasteiger partial charge on any atom is -0.338 e. The fraction of sp³-hybridized carbons (Fsp3) is 0.304. The molecule has 1 aliphatic heterocycles. The van der Waals surface area contributed by atoms with E-state index in [0.717, 1.165) is 16.9 Å². The van der Waals surface area contributed by atoms with Gasteiger partial charge >= 0.3 is 0 Å². The number of nitrogens with zero attached hydrogens (tertiary/aromatic N) is 3. The quantitative estimate of drug-likeness (QED) is 0.712. The molecule has 3 aromatic rings. The van der Waals surface area contributed by atoms with Crippen molar-refractivity contribution in [1.29, 1.82) is 0 Å². The molecular weight excluding hydrogens is 384 g/mol. The summed E-state index contributed by atoms with van der Waals surface area (Å²) in [6.45, 7) is 5.96. The zero-order chi connectivity index (χ0) is 19.7. The molecular formula is C23H27ClN4O. The van der Waals surface area contributed by atoms with Crippen molar-refractivity contribution in [1.82, 2.24) is 14.7 Å². The lowest BCUT2D eigenvalue weighted by Crippen LogP contribution is -2.30. The molecule has 1 fully saturated rings. The first kappa shape index (κ1) is 21.1. The highest BCUT2D eigenvalue weighted by molar-refractivity contribution is 5.95. The van der Waals surface area contributed by atoms with Gasteiger partial charge in [-0.1, -0.05) is 48.5 Å². The van der Waals surface area contributed by atoms with Crippen LogP contribution in [0, 0.1) is 19.8 Å². The number of halogens is 1. The van der Waals surface area contributed by atoms with Crippen molar-refractivity contribution < 1.29 is 4.79 Å². The number of amides is 1. The van der Waals surface area contributed by atoms with E-state index in [9.17, 15) is 4.79 Å². The summed E-state index contributed by atoms with van der Waals surface area (Å²) < 4.78 is 1.85. The fourth-order valence-corrected chi connectivity index (χ4v) is 4.19. The van der Waals surface area contributed by atoms with Crippen molar-refractivity contribution in [2.45, 2.75) is 19.8 Å². The van der Waals surface area contributed by atoms with E-state index < -0.39 is 0 Å². The monoisotopic (exact) mass is 410 g/mol. The van der Waals surface area contributed by atoms with Crippen LogP contribution in [0.1, 0.15) is 33.1 Å². The number of carbonyl (C=O) groups excluding carboxylic acids is 1. The number of hydrogen-bond donors (Lipinski definition) is 1. The van der Waals surface area contributed by atoms with E-state index in [1.54, 1.807) is 6.20 Å². The van der Waals surface area contributed by atoms with Gasteiger partial charge in [-0.15, -0.1) is 12.4 Å². The Hall–Kier alpha value is -2.63. The molecule has 0 spiro atoms. The van der Waals surface area contributed by atoms with E-state index in [2.05, 4.69) is 30.2 Å². The Balaban J connectivity index is 0.00000240. The highest BCUT2D eigenvalue weighted by atomic mass is 35.5. The third-order valence-electron chi connectivity index (χ3n) is 5.84. The molecule has 0 saturated carbocycles. The number of nitrogens with two attached hydrogens (primary N) is 1. The van der Waals surface area contributed by atoms with E-state index in [0.29, 0.717) is 25.2 Å². The molecule has 2 heterocycles. The maximum absolute atomic E-state index is 13.3. The third kappa shape index (κ3) is 3.93. The van der Waals surface area contributed by atoms with Gasteiger partial charge < -0.3 is 10.6 Å². The van der Waals surface area contributed by atoms with Gasteiger partial charge in [0, 0.05) is 19.0 Å². The molecule has 5 nitrogen and oxygen atoms in total. The van der Waals surface area contributed by atoms with Gasteiger partial charge in [0.25, 0.3) is 5.91 Å². The summed E-state index contributed by atoms with van der Waals surface area (Å²) in [6.07, 6.45) is 1.69. The molecule has 4 rings (SSSR count). The predicted octanol–water partition coefficient (Wildman–Crippen LogP) is 3.73. The van der Waals surface area contributed by atoms with Gasteiger partial charge in [0.1, 0.15) is 0 Å². The number of aryl methyl sites for hydroxylation is 1. The predicted molar refractivity (Wildman–Crippen MR) is 118 cm³/mol. The van der Waals surface area contributed by atoms with Crippen LogP contribution in [0.4, 0.5) is 0 Å². The SMILES string of the molecule is Cc1ccccc1-n1ncc(C(=O)N2C[C@@H](CN)[C@H](c3ccccc3)C2)c1C.Cl. The highest BCUT2D eigenvalue weighted by Crippen LogP contribution is 2.33. The Morgan fingerprint density at radius 1 is 1.07 bits per heavy atom. The van der Waals surface area contributed by atoms with Crippen molar-refractivity contribution in [3.63, 3.8) is 0 Å². The number of carbonyl (C=O) groups is 1. The molecule has 2 aromatic carbocycles. The van der Waals surface area contributed by atoms with Gasteiger partial charge in [-0.25, -0.2) is 4.68 Å². The number of hydrogen-bond acceptors (Lipinski definition) is 3. The second-order valence-electron chi connectivity index (χ2n) is 7.57. The zero-order valence-electron chi connectivity index (χ0n) is 16.8. The van der Waals surface area contributed by atoms with Crippen molar-refractivity contribution in [2.75, 3.05) is 19.6 Å². The van der Waals surface area contributed by atoms with Crippen LogP contribution in [0.2, 0.25) is 0 Å². The van der Waals surface area contributed by atoms with Crippen LogP contribution in [0.3, 0.4) is 0 Å². The summed E-state index contributed by atoms with van der Waals surface area (Å²) in [7, 11) is 0. The summed E-state index contributed by atoms with van der Waals surface area (Å²) in [5, 5.41) is 4.50. The minimum atomic E-state index is 0. The van der Waals surface area contributed by atoms with E-state index in [1.165, 1.54) is 5.56 Å². The molecule has 1 aliphatic rings. The lowest BCUT2D eigenvalue weighted by molar-refractivity contribution is 0.0785. The zero-order valence-corrected chi connectivity index (χ0v) is 17.6. The molecule has 0 bridgehead atoms. The maximum Gasteiger partial charge on any atom is 0.257 e. The largest absolute Gasteiger partial charge is 0.338 e. The van der Waals surface area contributed by atoms with Crippen LogP contribution in [0.25, 0.3) is 5.69 Å². The normalized spacial score (nSPS) is 18.5. The van der Waals surface area contributed by atoms with Crippen LogP contribution in [0.5, 0.6) is 0 Å². The Labute approximate surface area is 177 Å². The van der Waals surface area contributed by atoms with Gasteiger partial charge in [0.05, 0.1) is 23.1 Å². The Morgan fingerprint density at radius 3 is 2.45 bits per heavy atom.